The van der Waals surface area contributed by atoms with Crippen molar-refractivity contribution in [2.45, 2.75) is 12.8 Å². The fraction of sp³-hybridized carbons (Fsp3) is 0.300. The van der Waals surface area contributed by atoms with Crippen LogP contribution in [0.15, 0.2) is 12.1 Å². The van der Waals surface area contributed by atoms with E-state index in [4.69, 9.17) is 21.4 Å². The van der Waals surface area contributed by atoms with Crippen molar-refractivity contribution in [3.63, 3.8) is 0 Å². The SMILES string of the molecule is COc1cc(Cl)c(F)c(C(C)C(=O)O)c1. The molecule has 0 saturated heterocycles. The molecule has 0 fully saturated rings. The molecule has 82 valence electrons. The van der Waals surface area contributed by atoms with E-state index in [0.717, 1.165) is 0 Å². The standard InChI is InChI=1S/C10H10ClFO3/c1-5(10(13)14)7-3-6(15-2)4-8(11)9(7)12/h3-5H,1-2H3,(H,13,14). The number of ether oxygens (including phenoxy) is 1. The number of hydrogen-bond acceptors (Lipinski definition) is 2. The lowest BCUT2D eigenvalue weighted by molar-refractivity contribution is -0.138. The molecule has 1 unspecified atom stereocenters. The van der Waals surface area contributed by atoms with Crippen molar-refractivity contribution < 1.29 is 19.0 Å². The first-order valence-electron chi connectivity index (χ1n) is 4.23. The molecule has 1 aromatic rings. The van der Waals surface area contributed by atoms with Crippen LogP contribution in [0.1, 0.15) is 18.4 Å². The summed E-state index contributed by atoms with van der Waals surface area (Å²) in [7, 11) is 1.40. The molecule has 5 heteroatoms. The number of halogens is 2. The molecule has 1 rings (SSSR count). The summed E-state index contributed by atoms with van der Waals surface area (Å²) in [4.78, 5) is 10.7. The maximum Gasteiger partial charge on any atom is 0.310 e. The summed E-state index contributed by atoms with van der Waals surface area (Å²) in [5, 5.41) is 8.62. The smallest absolute Gasteiger partial charge is 0.310 e. The summed E-state index contributed by atoms with van der Waals surface area (Å²) in [6.07, 6.45) is 0. The molecular formula is C10H10ClFO3. The Bertz CT molecular complexity index is 392. The molecular weight excluding hydrogens is 223 g/mol. The second-order valence-electron chi connectivity index (χ2n) is 3.07. The molecule has 0 aliphatic rings. The maximum atomic E-state index is 13.5. The first kappa shape index (κ1) is 11.8. The summed E-state index contributed by atoms with van der Waals surface area (Å²) in [6.45, 7) is 1.39. The van der Waals surface area contributed by atoms with Gasteiger partial charge in [-0.25, -0.2) is 4.39 Å². The third-order valence-electron chi connectivity index (χ3n) is 2.10. The molecule has 0 saturated carbocycles. The number of carbonyl (C=O) groups is 1. The minimum Gasteiger partial charge on any atom is -0.497 e. The van der Waals surface area contributed by atoms with Gasteiger partial charge < -0.3 is 9.84 Å². The van der Waals surface area contributed by atoms with Crippen molar-refractivity contribution in [3.8, 4) is 5.75 Å². The van der Waals surface area contributed by atoms with Crippen molar-refractivity contribution in [1.82, 2.24) is 0 Å². The van der Waals surface area contributed by atoms with Gasteiger partial charge in [-0.2, -0.15) is 0 Å². The predicted molar refractivity (Wildman–Crippen MR) is 54.0 cm³/mol. The van der Waals surface area contributed by atoms with Crippen LogP contribution in [-0.4, -0.2) is 18.2 Å². The number of rotatable bonds is 3. The first-order valence-corrected chi connectivity index (χ1v) is 4.61. The van der Waals surface area contributed by atoms with Gasteiger partial charge >= 0.3 is 5.97 Å². The lowest BCUT2D eigenvalue weighted by atomic mass is 10.0. The average molecular weight is 233 g/mol. The highest BCUT2D eigenvalue weighted by Crippen LogP contribution is 2.30. The van der Waals surface area contributed by atoms with Crippen molar-refractivity contribution in [3.05, 3.63) is 28.5 Å². The highest BCUT2D eigenvalue weighted by molar-refractivity contribution is 6.31. The number of carboxylic acids is 1. The van der Waals surface area contributed by atoms with Gasteiger partial charge in [0.25, 0.3) is 0 Å². The summed E-state index contributed by atoms with van der Waals surface area (Å²) >= 11 is 5.60. The van der Waals surface area contributed by atoms with E-state index in [1.807, 2.05) is 0 Å². The molecule has 0 heterocycles. The fourth-order valence-electron chi connectivity index (χ4n) is 1.15. The van der Waals surface area contributed by atoms with E-state index in [0.29, 0.717) is 5.75 Å². The van der Waals surface area contributed by atoms with Crippen LogP contribution in [0.4, 0.5) is 4.39 Å². The lowest BCUT2D eigenvalue weighted by Gasteiger charge is -2.11. The van der Waals surface area contributed by atoms with E-state index in [9.17, 15) is 9.18 Å². The Kier molecular flexibility index (Phi) is 3.52. The molecule has 0 amide bonds. The van der Waals surface area contributed by atoms with Crippen LogP contribution in [0.2, 0.25) is 5.02 Å². The largest absolute Gasteiger partial charge is 0.497 e. The summed E-state index contributed by atoms with van der Waals surface area (Å²) in [5.41, 5.74) is 0.0202. The molecule has 0 aliphatic heterocycles. The van der Waals surface area contributed by atoms with Gasteiger partial charge in [-0.15, -0.1) is 0 Å². The second kappa shape index (κ2) is 4.49. The summed E-state index contributed by atoms with van der Waals surface area (Å²) in [5.74, 6) is -2.45. The zero-order valence-corrected chi connectivity index (χ0v) is 9.01. The minimum atomic E-state index is -1.11. The highest BCUT2D eigenvalue weighted by atomic mass is 35.5. The Morgan fingerprint density at radius 3 is 2.67 bits per heavy atom. The Morgan fingerprint density at radius 2 is 2.20 bits per heavy atom. The van der Waals surface area contributed by atoms with Crippen LogP contribution < -0.4 is 4.74 Å². The summed E-state index contributed by atoms with van der Waals surface area (Å²) in [6, 6.07) is 2.63. The Hall–Kier alpha value is -1.29. The number of hydrogen-bond donors (Lipinski definition) is 1. The van der Waals surface area contributed by atoms with Crippen LogP contribution in [0.3, 0.4) is 0 Å². The van der Waals surface area contributed by atoms with Gasteiger partial charge in [0.05, 0.1) is 18.1 Å². The van der Waals surface area contributed by atoms with Gasteiger partial charge in [-0.3, -0.25) is 4.79 Å². The normalized spacial score (nSPS) is 12.3. The molecule has 0 aromatic heterocycles. The van der Waals surface area contributed by atoms with Gasteiger partial charge in [0.2, 0.25) is 0 Å². The fourth-order valence-corrected chi connectivity index (χ4v) is 1.37. The topological polar surface area (TPSA) is 46.5 Å². The van der Waals surface area contributed by atoms with Crippen molar-refractivity contribution in [2.24, 2.45) is 0 Å². The van der Waals surface area contributed by atoms with Crippen molar-refractivity contribution >= 4 is 17.6 Å². The number of benzene rings is 1. The number of aliphatic carboxylic acids is 1. The molecule has 15 heavy (non-hydrogen) atoms. The highest BCUT2D eigenvalue weighted by Gasteiger charge is 2.20. The summed E-state index contributed by atoms with van der Waals surface area (Å²) < 4.78 is 18.4. The van der Waals surface area contributed by atoms with E-state index >= 15 is 0 Å². The van der Waals surface area contributed by atoms with Gasteiger partial charge in [-0.05, 0) is 13.0 Å². The second-order valence-corrected chi connectivity index (χ2v) is 3.48. The van der Waals surface area contributed by atoms with Crippen LogP contribution in [0, 0.1) is 5.82 Å². The Balaban J connectivity index is 3.27. The zero-order valence-electron chi connectivity index (χ0n) is 8.25. The maximum absolute atomic E-state index is 13.5. The minimum absolute atomic E-state index is 0.0202. The number of methoxy groups -OCH3 is 1. The molecule has 0 bridgehead atoms. The first-order chi connectivity index (χ1) is 6.97. The van der Waals surface area contributed by atoms with E-state index < -0.39 is 17.7 Å². The van der Waals surface area contributed by atoms with Crippen LogP contribution in [-0.2, 0) is 4.79 Å². The third-order valence-corrected chi connectivity index (χ3v) is 2.38. The third kappa shape index (κ3) is 2.39. The molecule has 0 aliphatic carbocycles. The predicted octanol–water partition coefficient (Wildman–Crippen LogP) is 2.68. The average Bonchev–Trinajstić information content (AvgIpc) is 2.20. The zero-order chi connectivity index (χ0) is 11.6. The van der Waals surface area contributed by atoms with Crippen molar-refractivity contribution in [2.75, 3.05) is 7.11 Å². The van der Waals surface area contributed by atoms with E-state index in [2.05, 4.69) is 0 Å². The quantitative estimate of drug-likeness (QED) is 0.872. The van der Waals surface area contributed by atoms with Gasteiger partial charge in [0, 0.05) is 11.6 Å². The molecule has 1 atom stereocenters. The van der Waals surface area contributed by atoms with Crippen LogP contribution in [0.25, 0.3) is 0 Å². The van der Waals surface area contributed by atoms with Crippen LogP contribution in [0.5, 0.6) is 5.75 Å². The van der Waals surface area contributed by atoms with E-state index in [-0.39, 0.29) is 10.6 Å². The number of carboxylic acid groups (broad SMARTS) is 1. The van der Waals surface area contributed by atoms with Gasteiger partial charge in [0.15, 0.2) is 0 Å². The van der Waals surface area contributed by atoms with Gasteiger partial charge in [0.1, 0.15) is 11.6 Å². The monoisotopic (exact) mass is 232 g/mol. The van der Waals surface area contributed by atoms with E-state index in [1.165, 1.54) is 26.2 Å². The Morgan fingerprint density at radius 1 is 1.60 bits per heavy atom. The molecule has 0 spiro atoms. The molecule has 3 nitrogen and oxygen atoms in total. The van der Waals surface area contributed by atoms with Gasteiger partial charge in [-0.1, -0.05) is 11.6 Å². The van der Waals surface area contributed by atoms with Crippen LogP contribution >= 0.6 is 11.6 Å². The molecule has 1 N–H and O–H groups in total. The lowest BCUT2D eigenvalue weighted by Crippen LogP contribution is -2.09. The van der Waals surface area contributed by atoms with Crippen molar-refractivity contribution in [1.29, 1.82) is 0 Å². The molecule has 1 aromatic carbocycles. The Labute approximate surface area is 91.4 Å². The van der Waals surface area contributed by atoms with E-state index in [1.54, 1.807) is 0 Å². The molecule has 0 radical (unpaired) electrons.